The number of hydrogen-bond donors (Lipinski definition) is 0. The number of rotatable bonds is 3. The fourth-order valence-corrected chi connectivity index (χ4v) is 3.34. The molecule has 2 atom stereocenters. The van der Waals surface area contributed by atoms with Crippen molar-refractivity contribution >= 4 is 17.7 Å². The zero-order valence-electron chi connectivity index (χ0n) is 12.9. The predicted octanol–water partition coefficient (Wildman–Crippen LogP) is 2.80. The van der Waals surface area contributed by atoms with Gasteiger partial charge >= 0.3 is 6.09 Å². The van der Waals surface area contributed by atoms with Gasteiger partial charge in [-0.3, -0.25) is 0 Å². The predicted molar refractivity (Wildman–Crippen MR) is 81.2 cm³/mol. The molecule has 2 unspecified atom stereocenters. The van der Waals surface area contributed by atoms with Gasteiger partial charge in [-0.1, -0.05) is 0 Å². The van der Waals surface area contributed by atoms with E-state index in [4.69, 9.17) is 16.3 Å². The van der Waals surface area contributed by atoms with Crippen LogP contribution in [0.15, 0.2) is 0 Å². The van der Waals surface area contributed by atoms with Crippen LogP contribution in [-0.2, 0) is 4.74 Å². The minimum absolute atomic E-state index is 0.157. The Morgan fingerprint density at radius 2 is 1.95 bits per heavy atom. The summed E-state index contributed by atoms with van der Waals surface area (Å²) >= 11 is 5.76. The first-order valence-corrected chi connectivity index (χ1v) is 8.19. The minimum Gasteiger partial charge on any atom is -0.444 e. The largest absolute Gasteiger partial charge is 0.444 e. The van der Waals surface area contributed by atoms with E-state index in [-0.39, 0.29) is 6.09 Å². The second-order valence-electron chi connectivity index (χ2n) is 7.04. The van der Waals surface area contributed by atoms with Crippen LogP contribution in [0.3, 0.4) is 0 Å². The SMILES string of the molecule is CC(C)(C)OC(=O)N1CCC2CN(CCCCl)CC2C1. The first-order chi connectivity index (χ1) is 9.39. The van der Waals surface area contributed by atoms with Gasteiger partial charge in [-0.05, 0) is 52.0 Å². The van der Waals surface area contributed by atoms with E-state index in [2.05, 4.69) is 4.90 Å². The van der Waals surface area contributed by atoms with Gasteiger partial charge in [0.2, 0.25) is 0 Å². The molecule has 2 rings (SSSR count). The maximum Gasteiger partial charge on any atom is 0.410 e. The van der Waals surface area contributed by atoms with Crippen LogP contribution in [0.4, 0.5) is 4.79 Å². The van der Waals surface area contributed by atoms with Crippen molar-refractivity contribution in [3.63, 3.8) is 0 Å². The number of amides is 1. The smallest absolute Gasteiger partial charge is 0.410 e. The summed E-state index contributed by atoms with van der Waals surface area (Å²) in [7, 11) is 0. The van der Waals surface area contributed by atoms with E-state index < -0.39 is 5.60 Å². The summed E-state index contributed by atoms with van der Waals surface area (Å²) in [5.41, 5.74) is -0.407. The van der Waals surface area contributed by atoms with Crippen molar-refractivity contribution < 1.29 is 9.53 Å². The summed E-state index contributed by atoms with van der Waals surface area (Å²) in [5, 5.41) is 0. The molecule has 116 valence electrons. The van der Waals surface area contributed by atoms with Crippen LogP contribution in [0.2, 0.25) is 0 Å². The highest BCUT2D eigenvalue weighted by molar-refractivity contribution is 6.17. The third-order valence-electron chi connectivity index (χ3n) is 4.14. The molecule has 2 fully saturated rings. The Labute approximate surface area is 127 Å². The number of halogens is 1. The Bertz CT molecular complexity index is 343. The van der Waals surface area contributed by atoms with Crippen LogP contribution in [0.5, 0.6) is 0 Å². The van der Waals surface area contributed by atoms with Gasteiger partial charge in [0.1, 0.15) is 5.60 Å². The van der Waals surface area contributed by atoms with Crippen molar-refractivity contribution in [1.29, 1.82) is 0 Å². The third kappa shape index (κ3) is 4.26. The highest BCUT2D eigenvalue weighted by atomic mass is 35.5. The van der Waals surface area contributed by atoms with Gasteiger partial charge in [0.15, 0.2) is 0 Å². The molecule has 0 bridgehead atoms. The molecular formula is C15H27ClN2O2. The Balaban J connectivity index is 1.83. The first-order valence-electron chi connectivity index (χ1n) is 7.65. The van der Waals surface area contributed by atoms with Gasteiger partial charge in [-0.2, -0.15) is 0 Å². The number of ether oxygens (including phenoxy) is 1. The number of piperidine rings is 1. The second kappa shape index (κ2) is 6.52. The Morgan fingerprint density at radius 1 is 1.25 bits per heavy atom. The van der Waals surface area contributed by atoms with Crippen LogP contribution in [-0.4, -0.2) is 60.1 Å². The topological polar surface area (TPSA) is 32.8 Å². The van der Waals surface area contributed by atoms with Crippen molar-refractivity contribution in [3.05, 3.63) is 0 Å². The van der Waals surface area contributed by atoms with Crippen LogP contribution < -0.4 is 0 Å². The third-order valence-corrected chi connectivity index (χ3v) is 4.40. The molecular weight excluding hydrogens is 276 g/mol. The van der Waals surface area contributed by atoms with Crippen molar-refractivity contribution in [1.82, 2.24) is 9.80 Å². The van der Waals surface area contributed by atoms with Gasteiger partial charge < -0.3 is 14.5 Å². The number of alkyl halides is 1. The van der Waals surface area contributed by atoms with Crippen molar-refractivity contribution in [2.45, 2.75) is 39.2 Å². The summed E-state index contributed by atoms with van der Waals surface area (Å²) in [6, 6.07) is 0. The number of carbonyl (C=O) groups excluding carboxylic acids is 1. The maximum atomic E-state index is 12.1. The molecule has 0 aromatic rings. The van der Waals surface area contributed by atoms with Gasteiger partial charge in [-0.15, -0.1) is 11.6 Å². The van der Waals surface area contributed by atoms with Gasteiger partial charge in [0.05, 0.1) is 0 Å². The quantitative estimate of drug-likeness (QED) is 0.752. The lowest BCUT2D eigenvalue weighted by atomic mass is 9.89. The molecule has 0 radical (unpaired) electrons. The Hall–Kier alpha value is -0.480. The summed E-state index contributed by atoms with van der Waals surface area (Å²) in [6.45, 7) is 10.8. The molecule has 1 amide bonds. The average molecular weight is 303 g/mol. The van der Waals surface area contributed by atoms with E-state index >= 15 is 0 Å². The fraction of sp³-hybridized carbons (Fsp3) is 0.933. The van der Waals surface area contributed by atoms with Crippen molar-refractivity contribution in [2.75, 3.05) is 38.6 Å². The van der Waals surface area contributed by atoms with E-state index in [1.165, 1.54) is 6.54 Å². The highest BCUT2D eigenvalue weighted by Crippen LogP contribution is 2.31. The van der Waals surface area contributed by atoms with Crippen LogP contribution in [0, 0.1) is 11.8 Å². The number of fused-ring (bicyclic) bond motifs is 1. The molecule has 0 aromatic carbocycles. The Morgan fingerprint density at radius 3 is 2.60 bits per heavy atom. The molecule has 4 nitrogen and oxygen atoms in total. The van der Waals surface area contributed by atoms with E-state index in [0.717, 1.165) is 50.8 Å². The molecule has 0 saturated carbocycles. The molecule has 20 heavy (non-hydrogen) atoms. The lowest BCUT2D eigenvalue weighted by Crippen LogP contribution is -2.45. The summed E-state index contributed by atoms with van der Waals surface area (Å²) < 4.78 is 5.47. The fourth-order valence-electron chi connectivity index (χ4n) is 3.22. The molecule has 0 N–H and O–H groups in total. The van der Waals surface area contributed by atoms with E-state index in [1.807, 2.05) is 25.7 Å². The normalized spacial score (nSPS) is 27.5. The van der Waals surface area contributed by atoms with E-state index in [9.17, 15) is 4.79 Å². The number of hydrogen-bond acceptors (Lipinski definition) is 3. The van der Waals surface area contributed by atoms with Gasteiger partial charge in [0.25, 0.3) is 0 Å². The maximum absolute atomic E-state index is 12.1. The minimum atomic E-state index is -0.407. The molecule has 2 saturated heterocycles. The van der Waals surface area contributed by atoms with E-state index in [0.29, 0.717) is 5.92 Å². The second-order valence-corrected chi connectivity index (χ2v) is 7.42. The molecule has 0 aromatic heterocycles. The van der Waals surface area contributed by atoms with Gasteiger partial charge in [-0.25, -0.2) is 4.79 Å². The zero-order chi connectivity index (χ0) is 14.8. The standard InChI is InChI=1S/C15H27ClN2O2/c1-15(2,3)20-14(19)18-8-5-12-9-17(7-4-6-16)10-13(12)11-18/h12-13H,4-11H2,1-3H3. The van der Waals surface area contributed by atoms with Gasteiger partial charge in [0, 0.05) is 32.1 Å². The van der Waals surface area contributed by atoms with Crippen molar-refractivity contribution in [2.24, 2.45) is 11.8 Å². The number of nitrogens with zero attached hydrogens (tertiary/aromatic N) is 2. The van der Waals surface area contributed by atoms with Crippen LogP contribution in [0.1, 0.15) is 33.6 Å². The first kappa shape index (κ1) is 15.9. The summed E-state index contributed by atoms with van der Waals surface area (Å²) in [6.07, 6.45) is 1.99. The Kier molecular flexibility index (Phi) is 5.19. The molecule has 2 aliphatic rings. The van der Waals surface area contributed by atoms with Crippen LogP contribution >= 0.6 is 11.6 Å². The van der Waals surface area contributed by atoms with E-state index in [1.54, 1.807) is 0 Å². The zero-order valence-corrected chi connectivity index (χ0v) is 13.7. The number of carbonyl (C=O) groups is 1. The van der Waals surface area contributed by atoms with Crippen LogP contribution in [0.25, 0.3) is 0 Å². The lowest BCUT2D eigenvalue weighted by Gasteiger charge is -2.35. The molecule has 0 aliphatic carbocycles. The average Bonchev–Trinajstić information content (AvgIpc) is 2.75. The molecule has 2 heterocycles. The summed E-state index contributed by atoms with van der Waals surface area (Å²) in [5.74, 6) is 2.08. The molecule has 0 spiro atoms. The highest BCUT2D eigenvalue weighted by Gasteiger charge is 2.38. The lowest BCUT2D eigenvalue weighted by molar-refractivity contribution is 0.0139. The monoisotopic (exact) mass is 302 g/mol. The van der Waals surface area contributed by atoms with Crippen molar-refractivity contribution in [3.8, 4) is 0 Å². The molecule has 2 aliphatic heterocycles. The number of likely N-dealkylation sites (tertiary alicyclic amines) is 2. The summed E-state index contributed by atoms with van der Waals surface area (Å²) in [4.78, 5) is 16.5. The molecule has 5 heteroatoms.